The lowest BCUT2D eigenvalue weighted by atomic mass is 9.93. The monoisotopic (exact) mass is 189 g/mol. The maximum absolute atomic E-state index is 10.9. The molecule has 0 aromatic heterocycles. The van der Waals surface area contributed by atoms with Crippen LogP contribution in [-0.2, 0) is 4.79 Å². The standard InChI is InChI=1S/C8H15NO2S/c1-3-8(4-2)6(7(10)11)9-5-12-8/h6,9H,3-5H2,1-2H3,(H,10,11)/t6-/m1/s1. The number of carboxylic acid groups (broad SMARTS) is 1. The Morgan fingerprint density at radius 1 is 1.67 bits per heavy atom. The largest absolute Gasteiger partial charge is 0.480 e. The summed E-state index contributed by atoms with van der Waals surface area (Å²) < 4.78 is -0.0775. The Kier molecular flexibility index (Phi) is 3.01. The smallest absolute Gasteiger partial charge is 0.322 e. The van der Waals surface area contributed by atoms with Crippen molar-refractivity contribution in [2.24, 2.45) is 0 Å². The molecular weight excluding hydrogens is 174 g/mol. The predicted octanol–water partition coefficient (Wildman–Crippen LogP) is 1.29. The van der Waals surface area contributed by atoms with Crippen molar-refractivity contribution >= 4 is 17.7 Å². The molecule has 0 unspecified atom stereocenters. The van der Waals surface area contributed by atoms with Crippen molar-refractivity contribution < 1.29 is 9.90 Å². The molecule has 4 heteroatoms. The molecule has 0 saturated carbocycles. The zero-order valence-corrected chi connectivity index (χ0v) is 8.28. The number of thioether (sulfide) groups is 1. The van der Waals surface area contributed by atoms with Crippen molar-refractivity contribution in [3.05, 3.63) is 0 Å². The summed E-state index contributed by atoms with van der Waals surface area (Å²) in [6.45, 7) is 4.11. The van der Waals surface area contributed by atoms with Crippen LogP contribution >= 0.6 is 11.8 Å². The molecule has 0 amide bonds. The zero-order valence-electron chi connectivity index (χ0n) is 7.46. The highest BCUT2D eigenvalue weighted by Gasteiger charge is 2.44. The van der Waals surface area contributed by atoms with Crippen LogP contribution in [0.1, 0.15) is 26.7 Å². The molecule has 1 saturated heterocycles. The summed E-state index contributed by atoms with van der Waals surface area (Å²) >= 11 is 1.73. The maximum Gasteiger partial charge on any atom is 0.322 e. The number of carboxylic acids is 1. The molecule has 2 N–H and O–H groups in total. The maximum atomic E-state index is 10.9. The first-order valence-electron chi connectivity index (χ1n) is 4.26. The molecule has 1 fully saturated rings. The second-order valence-electron chi connectivity index (χ2n) is 3.04. The molecule has 0 aromatic rings. The Hall–Kier alpha value is -0.220. The highest BCUT2D eigenvalue weighted by Crippen LogP contribution is 2.39. The first-order valence-corrected chi connectivity index (χ1v) is 5.25. The van der Waals surface area contributed by atoms with E-state index in [4.69, 9.17) is 5.11 Å². The molecule has 0 spiro atoms. The molecule has 1 heterocycles. The van der Waals surface area contributed by atoms with E-state index in [1.54, 1.807) is 11.8 Å². The molecule has 70 valence electrons. The van der Waals surface area contributed by atoms with Gasteiger partial charge in [-0.1, -0.05) is 13.8 Å². The SMILES string of the molecule is CCC1(CC)SCN[C@@H]1C(=O)O. The van der Waals surface area contributed by atoms with Gasteiger partial charge in [-0.05, 0) is 12.8 Å². The summed E-state index contributed by atoms with van der Waals surface area (Å²) in [6.07, 6.45) is 1.83. The summed E-state index contributed by atoms with van der Waals surface area (Å²) in [5.41, 5.74) is 0. The molecule has 12 heavy (non-hydrogen) atoms. The van der Waals surface area contributed by atoms with Crippen LogP contribution in [0.2, 0.25) is 0 Å². The Morgan fingerprint density at radius 2 is 2.25 bits per heavy atom. The summed E-state index contributed by atoms with van der Waals surface area (Å²) in [7, 11) is 0. The van der Waals surface area contributed by atoms with E-state index in [1.807, 2.05) is 0 Å². The van der Waals surface area contributed by atoms with Crippen molar-refractivity contribution in [3.63, 3.8) is 0 Å². The van der Waals surface area contributed by atoms with Gasteiger partial charge in [0, 0.05) is 10.6 Å². The molecule has 1 atom stereocenters. The minimum absolute atomic E-state index is 0.0775. The van der Waals surface area contributed by atoms with Gasteiger partial charge in [0.1, 0.15) is 6.04 Å². The third kappa shape index (κ3) is 1.45. The predicted molar refractivity (Wildman–Crippen MR) is 50.3 cm³/mol. The lowest BCUT2D eigenvalue weighted by Gasteiger charge is -2.28. The van der Waals surface area contributed by atoms with Gasteiger partial charge in [-0.25, -0.2) is 0 Å². The Bertz CT molecular complexity index is 180. The van der Waals surface area contributed by atoms with Gasteiger partial charge in [-0.2, -0.15) is 0 Å². The summed E-state index contributed by atoms with van der Waals surface area (Å²) in [5, 5.41) is 11.9. The quantitative estimate of drug-likeness (QED) is 0.702. The lowest BCUT2D eigenvalue weighted by molar-refractivity contribution is -0.140. The van der Waals surface area contributed by atoms with E-state index >= 15 is 0 Å². The third-order valence-electron chi connectivity index (χ3n) is 2.62. The molecule has 3 nitrogen and oxygen atoms in total. The van der Waals surface area contributed by atoms with E-state index in [1.165, 1.54) is 0 Å². The van der Waals surface area contributed by atoms with E-state index in [0.717, 1.165) is 18.7 Å². The Morgan fingerprint density at radius 3 is 2.58 bits per heavy atom. The average Bonchev–Trinajstić information content (AvgIpc) is 2.48. The molecule has 1 aliphatic rings. The fourth-order valence-electron chi connectivity index (χ4n) is 1.71. The van der Waals surface area contributed by atoms with Crippen LogP contribution < -0.4 is 5.32 Å². The first kappa shape index (κ1) is 9.86. The lowest BCUT2D eigenvalue weighted by Crippen LogP contribution is -2.46. The van der Waals surface area contributed by atoms with Gasteiger partial charge in [-0.15, -0.1) is 11.8 Å². The van der Waals surface area contributed by atoms with E-state index < -0.39 is 5.97 Å². The fourth-order valence-corrected chi connectivity index (χ4v) is 3.01. The number of carbonyl (C=O) groups is 1. The van der Waals surface area contributed by atoms with Crippen LogP contribution in [-0.4, -0.2) is 27.7 Å². The van der Waals surface area contributed by atoms with Gasteiger partial charge < -0.3 is 5.11 Å². The second kappa shape index (κ2) is 3.66. The van der Waals surface area contributed by atoms with Crippen molar-refractivity contribution in [1.29, 1.82) is 0 Å². The molecule has 0 aliphatic carbocycles. The van der Waals surface area contributed by atoms with E-state index in [2.05, 4.69) is 19.2 Å². The topological polar surface area (TPSA) is 49.3 Å². The molecule has 0 aromatic carbocycles. The first-order chi connectivity index (χ1) is 5.66. The van der Waals surface area contributed by atoms with Crippen LogP contribution in [0.5, 0.6) is 0 Å². The molecule has 1 aliphatic heterocycles. The molecule has 1 rings (SSSR count). The number of nitrogens with one attached hydrogen (secondary N) is 1. The van der Waals surface area contributed by atoms with Crippen LogP contribution in [0.4, 0.5) is 0 Å². The highest BCUT2D eigenvalue weighted by molar-refractivity contribution is 8.01. The van der Waals surface area contributed by atoms with Crippen LogP contribution in [0.15, 0.2) is 0 Å². The van der Waals surface area contributed by atoms with Crippen molar-refractivity contribution in [2.75, 3.05) is 5.88 Å². The van der Waals surface area contributed by atoms with Gasteiger partial charge >= 0.3 is 5.97 Å². The van der Waals surface area contributed by atoms with Gasteiger partial charge in [0.2, 0.25) is 0 Å². The summed E-state index contributed by atoms with van der Waals surface area (Å²) in [4.78, 5) is 10.9. The van der Waals surface area contributed by atoms with Crippen molar-refractivity contribution in [1.82, 2.24) is 5.32 Å². The van der Waals surface area contributed by atoms with Gasteiger partial charge in [0.05, 0.1) is 0 Å². The van der Waals surface area contributed by atoms with E-state index in [9.17, 15) is 4.79 Å². The fraction of sp³-hybridized carbons (Fsp3) is 0.875. The molecular formula is C8H15NO2S. The number of hydrogen-bond acceptors (Lipinski definition) is 3. The van der Waals surface area contributed by atoms with E-state index in [0.29, 0.717) is 0 Å². The number of rotatable bonds is 3. The molecule has 0 radical (unpaired) electrons. The van der Waals surface area contributed by atoms with Crippen LogP contribution in [0, 0.1) is 0 Å². The Balaban J connectivity index is 2.78. The molecule has 0 bridgehead atoms. The van der Waals surface area contributed by atoms with Gasteiger partial charge in [0.15, 0.2) is 0 Å². The minimum atomic E-state index is -0.719. The van der Waals surface area contributed by atoms with Crippen LogP contribution in [0.3, 0.4) is 0 Å². The van der Waals surface area contributed by atoms with Gasteiger partial charge in [0.25, 0.3) is 0 Å². The average molecular weight is 189 g/mol. The third-order valence-corrected chi connectivity index (χ3v) is 4.32. The zero-order chi connectivity index (χ0) is 9.19. The highest BCUT2D eigenvalue weighted by atomic mass is 32.2. The van der Waals surface area contributed by atoms with Crippen molar-refractivity contribution in [3.8, 4) is 0 Å². The van der Waals surface area contributed by atoms with Crippen LogP contribution in [0.25, 0.3) is 0 Å². The van der Waals surface area contributed by atoms with Gasteiger partial charge in [-0.3, -0.25) is 10.1 Å². The Labute approximate surface area is 76.9 Å². The van der Waals surface area contributed by atoms with Crippen molar-refractivity contribution in [2.45, 2.75) is 37.5 Å². The summed E-state index contributed by atoms with van der Waals surface area (Å²) in [5.74, 6) is 0.0438. The second-order valence-corrected chi connectivity index (χ2v) is 4.43. The normalized spacial score (nSPS) is 27.3. The summed E-state index contributed by atoms with van der Waals surface area (Å²) in [6, 6.07) is -0.363. The van der Waals surface area contributed by atoms with E-state index in [-0.39, 0.29) is 10.8 Å². The number of aliphatic carboxylic acids is 1. The minimum Gasteiger partial charge on any atom is -0.480 e. The number of hydrogen-bond donors (Lipinski definition) is 2.